The van der Waals surface area contributed by atoms with Gasteiger partial charge in [0.1, 0.15) is 0 Å². The minimum absolute atomic E-state index is 0.0896. The highest BCUT2D eigenvalue weighted by Crippen LogP contribution is 2.34. The number of hydrogen-bond acceptors (Lipinski definition) is 4. The highest BCUT2D eigenvalue weighted by atomic mass is 35.5. The molecule has 1 aliphatic carbocycles. The molecule has 4 nitrogen and oxygen atoms in total. The molecule has 0 amide bonds. The molecule has 1 fully saturated rings. The van der Waals surface area contributed by atoms with Crippen LogP contribution < -0.4 is 5.73 Å². The van der Waals surface area contributed by atoms with Crippen molar-refractivity contribution in [3.63, 3.8) is 0 Å². The van der Waals surface area contributed by atoms with E-state index in [-0.39, 0.29) is 16.6 Å². The molecule has 112 valence electrons. The number of hydrogen-bond donors (Lipinski definition) is 1. The van der Waals surface area contributed by atoms with Gasteiger partial charge >= 0.3 is 0 Å². The van der Waals surface area contributed by atoms with Gasteiger partial charge in [-0.2, -0.15) is 15.6 Å². The Balaban J connectivity index is 1.95. The van der Waals surface area contributed by atoms with Crippen LogP contribution in [0.4, 0.5) is 5.69 Å². The highest BCUT2D eigenvalue weighted by molar-refractivity contribution is 7.89. The topological polar surface area (TPSA) is 63.4 Å². The summed E-state index contributed by atoms with van der Waals surface area (Å²) >= 11 is 7.43. The van der Waals surface area contributed by atoms with Gasteiger partial charge in [-0.1, -0.05) is 11.6 Å². The van der Waals surface area contributed by atoms with Crippen LogP contribution in [0.2, 0.25) is 5.02 Å². The number of rotatable bonds is 5. The maximum absolute atomic E-state index is 12.8. The Bertz CT molecular complexity index is 740. The molecular weight excluding hydrogens is 328 g/mol. The van der Waals surface area contributed by atoms with Crippen LogP contribution in [0.15, 0.2) is 39.9 Å². The number of nitrogens with two attached hydrogens (primary N) is 1. The highest BCUT2D eigenvalue weighted by Gasteiger charge is 2.38. The van der Waals surface area contributed by atoms with Gasteiger partial charge in [-0.05, 0) is 53.4 Å². The monoisotopic (exact) mass is 342 g/mol. The zero-order valence-corrected chi connectivity index (χ0v) is 13.6. The van der Waals surface area contributed by atoms with Crippen LogP contribution in [0.1, 0.15) is 18.4 Å². The number of halogens is 1. The lowest BCUT2D eigenvalue weighted by Gasteiger charge is -2.21. The van der Waals surface area contributed by atoms with Crippen LogP contribution in [0.3, 0.4) is 0 Å². The number of nitrogen functional groups attached to an aromatic ring is 1. The van der Waals surface area contributed by atoms with Gasteiger partial charge in [-0.3, -0.25) is 0 Å². The maximum Gasteiger partial charge on any atom is 0.243 e. The quantitative estimate of drug-likeness (QED) is 0.847. The molecule has 1 aromatic carbocycles. The minimum atomic E-state index is -3.55. The van der Waals surface area contributed by atoms with Gasteiger partial charge in [0.15, 0.2) is 0 Å². The third-order valence-corrected chi connectivity index (χ3v) is 6.42. The first-order valence-corrected chi connectivity index (χ1v) is 9.32. The second-order valence-corrected chi connectivity index (χ2v) is 8.17. The molecule has 0 spiro atoms. The van der Waals surface area contributed by atoms with E-state index in [1.54, 1.807) is 15.6 Å². The van der Waals surface area contributed by atoms with E-state index < -0.39 is 10.0 Å². The summed E-state index contributed by atoms with van der Waals surface area (Å²) in [6.07, 6.45) is 1.82. The van der Waals surface area contributed by atoms with Gasteiger partial charge in [-0.25, -0.2) is 8.42 Å². The summed E-state index contributed by atoms with van der Waals surface area (Å²) in [6.45, 7) is 0.402. The summed E-state index contributed by atoms with van der Waals surface area (Å²) in [6, 6.07) is 6.51. The minimum Gasteiger partial charge on any atom is -0.397 e. The summed E-state index contributed by atoms with van der Waals surface area (Å²) in [5.41, 5.74) is 7.02. The Hall–Kier alpha value is -1.08. The van der Waals surface area contributed by atoms with Crippen LogP contribution in [0, 0.1) is 0 Å². The zero-order chi connectivity index (χ0) is 15.0. The Labute approximate surface area is 133 Å². The second kappa shape index (κ2) is 5.61. The molecular formula is C14H15ClN2O2S2. The van der Waals surface area contributed by atoms with Crippen LogP contribution in [0.5, 0.6) is 0 Å². The maximum atomic E-state index is 12.8. The van der Waals surface area contributed by atoms with Crippen LogP contribution in [-0.2, 0) is 16.6 Å². The first-order valence-electron chi connectivity index (χ1n) is 6.56. The van der Waals surface area contributed by atoms with Gasteiger partial charge in [0.2, 0.25) is 10.0 Å². The number of nitrogens with zero attached hydrogens (tertiary/aromatic N) is 1. The number of sulfonamides is 1. The van der Waals surface area contributed by atoms with E-state index in [1.165, 1.54) is 18.2 Å². The molecule has 0 aliphatic heterocycles. The largest absolute Gasteiger partial charge is 0.397 e. The molecule has 21 heavy (non-hydrogen) atoms. The molecule has 0 unspecified atom stereocenters. The Kier molecular flexibility index (Phi) is 3.96. The summed E-state index contributed by atoms with van der Waals surface area (Å²) in [7, 11) is -3.55. The van der Waals surface area contributed by atoms with E-state index in [4.69, 9.17) is 17.3 Å². The number of thiophene rings is 1. The van der Waals surface area contributed by atoms with E-state index in [0.29, 0.717) is 11.6 Å². The molecule has 2 N–H and O–H groups in total. The van der Waals surface area contributed by atoms with Crippen LogP contribution >= 0.6 is 22.9 Å². The summed E-state index contributed by atoms with van der Waals surface area (Å²) in [4.78, 5) is 0.200. The summed E-state index contributed by atoms with van der Waals surface area (Å²) < 4.78 is 27.2. The molecule has 7 heteroatoms. The van der Waals surface area contributed by atoms with Crippen molar-refractivity contribution < 1.29 is 8.42 Å². The van der Waals surface area contributed by atoms with E-state index in [0.717, 1.165) is 18.4 Å². The van der Waals surface area contributed by atoms with Crippen molar-refractivity contribution in [2.24, 2.45) is 0 Å². The zero-order valence-electron chi connectivity index (χ0n) is 11.2. The molecule has 1 aromatic heterocycles. The SMILES string of the molecule is Nc1cc(S(=O)(=O)N(Cc2ccsc2)C2CC2)ccc1Cl. The Morgan fingerprint density at radius 3 is 2.67 bits per heavy atom. The smallest absolute Gasteiger partial charge is 0.243 e. The molecule has 1 saturated carbocycles. The lowest BCUT2D eigenvalue weighted by atomic mass is 10.3. The molecule has 0 atom stereocenters. The second-order valence-electron chi connectivity index (χ2n) is 5.10. The fraction of sp³-hybridized carbons (Fsp3) is 0.286. The molecule has 0 saturated heterocycles. The molecule has 1 aliphatic rings. The fourth-order valence-electron chi connectivity index (χ4n) is 2.15. The van der Waals surface area contributed by atoms with E-state index >= 15 is 0 Å². The van der Waals surface area contributed by atoms with Crippen molar-refractivity contribution in [3.05, 3.63) is 45.6 Å². The fourth-order valence-corrected chi connectivity index (χ4v) is 4.64. The van der Waals surface area contributed by atoms with E-state index in [9.17, 15) is 8.42 Å². The van der Waals surface area contributed by atoms with Crippen molar-refractivity contribution >= 4 is 38.6 Å². The first kappa shape index (κ1) is 14.8. The third kappa shape index (κ3) is 3.08. The predicted molar refractivity (Wildman–Crippen MR) is 85.9 cm³/mol. The number of benzene rings is 1. The van der Waals surface area contributed by atoms with Gasteiger partial charge in [0.25, 0.3) is 0 Å². The van der Waals surface area contributed by atoms with Gasteiger partial charge in [0, 0.05) is 12.6 Å². The molecule has 0 radical (unpaired) electrons. The first-order chi connectivity index (χ1) is 9.98. The summed E-state index contributed by atoms with van der Waals surface area (Å²) in [5.74, 6) is 0. The average molecular weight is 343 g/mol. The standard InChI is InChI=1S/C14H15ClN2O2S2/c15-13-4-3-12(7-14(13)16)21(18,19)17(11-1-2-11)8-10-5-6-20-9-10/h3-7,9,11H,1-2,8,16H2. The van der Waals surface area contributed by atoms with Crippen molar-refractivity contribution in [3.8, 4) is 0 Å². The van der Waals surface area contributed by atoms with E-state index in [2.05, 4.69) is 0 Å². The van der Waals surface area contributed by atoms with Crippen LogP contribution in [0.25, 0.3) is 0 Å². The van der Waals surface area contributed by atoms with Crippen molar-refractivity contribution in [1.29, 1.82) is 0 Å². The van der Waals surface area contributed by atoms with Gasteiger partial charge in [0.05, 0.1) is 15.6 Å². The molecule has 0 bridgehead atoms. The molecule has 2 aromatic rings. The van der Waals surface area contributed by atoms with Crippen LogP contribution in [-0.4, -0.2) is 18.8 Å². The van der Waals surface area contributed by atoms with Crippen molar-refractivity contribution in [2.45, 2.75) is 30.3 Å². The normalized spacial score (nSPS) is 15.5. The van der Waals surface area contributed by atoms with Gasteiger partial charge in [-0.15, -0.1) is 0 Å². The van der Waals surface area contributed by atoms with Crippen molar-refractivity contribution in [2.75, 3.05) is 5.73 Å². The van der Waals surface area contributed by atoms with Gasteiger partial charge < -0.3 is 5.73 Å². The lowest BCUT2D eigenvalue weighted by molar-refractivity contribution is 0.399. The lowest BCUT2D eigenvalue weighted by Crippen LogP contribution is -2.32. The molecule has 3 rings (SSSR count). The Morgan fingerprint density at radius 2 is 2.10 bits per heavy atom. The number of anilines is 1. The average Bonchev–Trinajstić information content (AvgIpc) is 3.15. The predicted octanol–water partition coefficient (Wildman–Crippen LogP) is 3.34. The third-order valence-electron chi connectivity index (χ3n) is 3.45. The van der Waals surface area contributed by atoms with Crippen molar-refractivity contribution in [1.82, 2.24) is 4.31 Å². The summed E-state index contributed by atoms with van der Waals surface area (Å²) in [5, 5.41) is 4.29. The van der Waals surface area contributed by atoms with E-state index in [1.807, 2.05) is 16.8 Å². The molecule has 1 heterocycles. The Morgan fingerprint density at radius 1 is 1.33 bits per heavy atom.